The van der Waals surface area contributed by atoms with Crippen LogP contribution >= 0.6 is 11.6 Å². The molecule has 1 aliphatic heterocycles. The number of benzene rings is 1. The first-order valence-electron chi connectivity index (χ1n) is 7.66. The molecule has 2 heterocycles. The molecule has 0 bridgehead atoms. The zero-order valence-electron chi connectivity index (χ0n) is 12.4. The van der Waals surface area contributed by atoms with Gasteiger partial charge in [0, 0.05) is 22.0 Å². The van der Waals surface area contributed by atoms with Crippen molar-refractivity contribution in [2.75, 3.05) is 5.32 Å². The van der Waals surface area contributed by atoms with Gasteiger partial charge in [0.15, 0.2) is 0 Å². The number of fused-ring (bicyclic) bond motifs is 2. The van der Waals surface area contributed by atoms with Gasteiger partial charge in [0.05, 0.1) is 11.3 Å². The predicted octanol–water partition coefficient (Wildman–Crippen LogP) is 4.35. The van der Waals surface area contributed by atoms with E-state index >= 15 is 0 Å². The van der Waals surface area contributed by atoms with Gasteiger partial charge in [0.1, 0.15) is 0 Å². The number of aromatic amines is 1. The highest BCUT2D eigenvalue weighted by atomic mass is 35.5. The lowest BCUT2D eigenvalue weighted by Gasteiger charge is -2.08. The summed E-state index contributed by atoms with van der Waals surface area (Å²) in [7, 11) is 0. The maximum Gasteiger partial charge on any atom is 0.256 e. The topological polar surface area (TPSA) is 44.9 Å². The molecule has 2 aliphatic rings. The summed E-state index contributed by atoms with van der Waals surface area (Å²) in [6.45, 7) is 1.96. The number of amides is 1. The Balaban J connectivity index is 1.80. The molecule has 0 fully saturated rings. The van der Waals surface area contributed by atoms with Crippen LogP contribution in [-0.4, -0.2) is 10.9 Å². The molecule has 4 rings (SSSR count). The van der Waals surface area contributed by atoms with Gasteiger partial charge in [-0.05, 0) is 68.0 Å². The fraction of sp³-hybridized carbons (Fsp3) is 0.278. The summed E-state index contributed by atoms with van der Waals surface area (Å²) >= 11 is 6.15. The number of nitrogens with one attached hydrogen (secondary N) is 2. The van der Waals surface area contributed by atoms with Crippen LogP contribution in [0.25, 0.3) is 11.6 Å². The molecular weight excluding hydrogens is 296 g/mol. The van der Waals surface area contributed by atoms with Crippen molar-refractivity contribution in [3.63, 3.8) is 0 Å². The second-order valence-corrected chi connectivity index (χ2v) is 6.53. The summed E-state index contributed by atoms with van der Waals surface area (Å²) in [5.74, 6) is -0.0621. The van der Waals surface area contributed by atoms with Crippen molar-refractivity contribution in [2.24, 2.45) is 0 Å². The number of aromatic nitrogens is 1. The van der Waals surface area contributed by atoms with Gasteiger partial charge in [-0.15, -0.1) is 0 Å². The molecular formula is C18H17ClN2O. The first kappa shape index (κ1) is 13.6. The quantitative estimate of drug-likeness (QED) is 0.756. The molecule has 4 heteroatoms. The Labute approximate surface area is 134 Å². The summed E-state index contributed by atoms with van der Waals surface area (Å²) in [4.78, 5) is 15.8. The van der Waals surface area contributed by atoms with Crippen LogP contribution in [0.2, 0.25) is 5.02 Å². The van der Waals surface area contributed by atoms with Gasteiger partial charge in [0.2, 0.25) is 0 Å². The molecule has 0 spiro atoms. The van der Waals surface area contributed by atoms with Crippen molar-refractivity contribution < 1.29 is 4.79 Å². The van der Waals surface area contributed by atoms with Crippen molar-refractivity contribution >= 4 is 34.8 Å². The standard InChI is InChI=1S/C18H17ClN2O/c1-10-6-12(19)8-14-15(18(22)21-17(10)14)9-13-7-11-4-2-3-5-16(11)20-13/h6-9,20H,2-5H2,1H3,(H,21,22). The van der Waals surface area contributed by atoms with Crippen LogP contribution in [0.3, 0.4) is 0 Å². The van der Waals surface area contributed by atoms with E-state index in [9.17, 15) is 4.79 Å². The molecule has 0 radical (unpaired) electrons. The van der Waals surface area contributed by atoms with Crippen LogP contribution in [-0.2, 0) is 17.6 Å². The largest absolute Gasteiger partial charge is 0.359 e. The highest BCUT2D eigenvalue weighted by molar-refractivity contribution is 6.37. The SMILES string of the molecule is Cc1cc(Cl)cc2c1NC(=O)C2=Cc1cc2c([nH]1)CCCC2. The first-order chi connectivity index (χ1) is 10.6. The number of carbonyl (C=O) groups is 1. The molecule has 0 saturated heterocycles. The minimum Gasteiger partial charge on any atom is -0.359 e. The second-order valence-electron chi connectivity index (χ2n) is 6.09. The Hall–Kier alpha value is -2.00. The predicted molar refractivity (Wildman–Crippen MR) is 90.1 cm³/mol. The van der Waals surface area contributed by atoms with Gasteiger partial charge in [0.25, 0.3) is 5.91 Å². The average Bonchev–Trinajstić information content (AvgIpc) is 3.02. The number of H-pyrrole nitrogens is 1. The number of halogens is 1. The monoisotopic (exact) mass is 312 g/mol. The molecule has 1 aromatic heterocycles. The van der Waals surface area contributed by atoms with E-state index in [0.29, 0.717) is 10.6 Å². The van der Waals surface area contributed by atoms with Crippen molar-refractivity contribution in [2.45, 2.75) is 32.6 Å². The minimum absolute atomic E-state index is 0.0621. The number of carbonyl (C=O) groups excluding carboxylic acids is 1. The zero-order valence-corrected chi connectivity index (χ0v) is 13.2. The number of rotatable bonds is 1. The Morgan fingerprint density at radius 2 is 2.00 bits per heavy atom. The fourth-order valence-electron chi connectivity index (χ4n) is 3.43. The average molecular weight is 313 g/mol. The van der Waals surface area contributed by atoms with E-state index < -0.39 is 0 Å². The van der Waals surface area contributed by atoms with Crippen molar-refractivity contribution in [1.82, 2.24) is 4.98 Å². The Morgan fingerprint density at radius 3 is 2.82 bits per heavy atom. The Morgan fingerprint density at radius 1 is 1.18 bits per heavy atom. The first-order valence-corrected chi connectivity index (χ1v) is 8.04. The fourth-order valence-corrected chi connectivity index (χ4v) is 3.70. The highest BCUT2D eigenvalue weighted by Crippen LogP contribution is 2.37. The Bertz CT molecular complexity index is 793. The van der Waals surface area contributed by atoms with E-state index in [4.69, 9.17) is 11.6 Å². The molecule has 0 atom stereocenters. The lowest BCUT2D eigenvalue weighted by molar-refractivity contribution is -0.110. The Kier molecular flexibility index (Phi) is 3.12. The summed E-state index contributed by atoms with van der Waals surface area (Å²) in [5.41, 5.74) is 7.14. The zero-order chi connectivity index (χ0) is 15.3. The van der Waals surface area contributed by atoms with Crippen LogP contribution in [0.1, 0.15) is 40.9 Å². The molecule has 2 aromatic rings. The van der Waals surface area contributed by atoms with E-state index in [2.05, 4.69) is 16.4 Å². The molecule has 112 valence electrons. The lowest BCUT2D eigenvalue weighted by Crippen LogP contribution is -2.04. The highest BCUT2D eigenvalue weighted by Gasteiger charge is 2.26. The molecule has 3 nitrogen and oxygen atoms in total. The van der Waals surface area contributed by atoms with Gasteiger partial charge in [-0.2, -0.15) is 0 Å². The molecule has 1 aliphatic carbocycles. The van der Waals surface area contributed by atoms with E-state index in [1.54, 1.807) is 0 Å². The summed E-state index contributed by atoms with van der Waals surface area (Å²) < 4.78 is 0. The van der Waals surface area contributed by atoms with Gasteiger partial charge in [-0.25, -0.2) is 0 Å². The van der Waals surface area contributed by atoms with E-state index in [-0.39, 0.29) is 5.91 Å². The minimum atomic E-state index is -0.0621. The molecule has 0 unspecified atom stereocenters. The molecule has 22 heavy (non-hydrogen) atoms. The van der Waals surface area contributed by atoms with Crippen molar-refractivity contribution in [1.29, 1.82) is 0 Å². The van der Waals surface area contributed by atoms with Crippen LogP contribution in [0.15, 0.2) is 18.2 Å². The van der Waals surface area contributed by atoms with Crippen molar-refractivity contribution in [3.05, 3.63) is 51.3 Å². The van der Waals surface area contributed by atoms with Crippen LogP contribution < -0.4 is 5.32 Å². The number of hydrogen-bond acceptors (Lipinski definition) is 1. The van der Waals surface area contributed by atoms with Gasteiger partial charge in [-0.3, -0.25) is 4.79 Å². The molecule has 0 saturated carbocycles. The molecule has 2 N–H and O–H groups in total. The van der Waals surface area contributed by atoms with Crippen LogP contribution in [0.4, 0.5) is 5.69 Å². The van der Waals surface area contributed by atoms with E-state index in [1.807, 2.05) is 25.1 Å². The maximum absolute atomic E-state index is 12.3. The number of hydrogen-bond donors (Lipinski definition) is 2. The third-order valence-electron chi connectivity index (χ3n) is 4.51. The van der Waals surface area contributed by atoms with Gasteiger partial charge in [-0.1, -0.05) is 11.6 Å². The van der Waals surface area contributed by atoms with E-state index in [1.165, 1.54) is 24.1 Å². The van der Waals surface area contributed by atoms with Crippen LogP contribution in [0, 0.1) is 6.92 Å². The third-order valence-corrected chi connectivity index (χ3v) is 4.73. The number of aryl methyl sites for hydroxylation is 3. The van der Waals surface area contributed by atoms with Gasteiger partial charge >= 0.3 is 0 Å². The number of anilines is 1. The van der Waals surface area contributed by atoms with Crippen molar-refractivity contribution in [3.8, 4) is 0 Å². The van der Waals surface area contributed by atoms with E-state index in [0.717, 1.165) is 35.3 Å². The molecule has 1 aromatic carbocycles. The molecule has 1 amide bonds. The van der Waals surface area contributed by atoms with Gasteiger partial charge < -0.3 is 10.3 Å². The summed E-state index contributed by atoms with van der Waals surface area (Å²) in [5, 5.41) is 3.60. The lowest BCUT2D eigenvalue weighted by atomic mass is 9.98. The normalized spacial score (nSPS) is 18.3. The third kappa shape index (κ3) is 2.17. The second kappa shape index (κ2) is 5.03. The van der Waals surface area contributed by atoms with Crippen LogP contribution in [0.5, 0.6) is 0 Å². The smallest absolute Gasteiger partial charge is 0.256 e. The maximum atomic E-state index is 12.3. The summed E-state index contributed by atoms with van der Waals surface area (Å²) in [6.07, 6.45) is 6.66. The summed E-state index contributed by atoms with van der Waals surface area (Å²) in [6, 6.07) is 5.90.